The Hall–Kier alpha value is -2.62. The molecule has 0 amide bonds. The number of hydrogen-bond donors (Lipinski definition) is 0. The van der Waals surface area contributed by atoms with Crippen molar-refractivity contribution in [3.8, 4) is 28.3 Å². The lowest BCUT2D eigenvalue weighted by Gasteiger charge is -2.11. The van der Waals surface area contributed by atoms with Gasteiger partial charge in [0, 0.05) is 5.56 Å². The largest absolute Gasteiger partial charge is 0.491 e. The highest BCUT2D eigenvalue weighted by Gasteiger charge is 2.05. The fourth-order valence-electron chi connectivity index (χ4n) is 2.13. The maximum atomic E-state index is 5.73. The summed E-state index contributed by atoms with van der Waals surface area (Å²) in [5.74, 6) is 1.40. The van der Waals surface area contributed by atoms with Crippen molar-refractivity contribution >= 4 is 0 Å². The van der Waals surface area contributed by atoms with Crippen molar-refractivity contribution in [3.63, 3.8) is 0 Å². The van der Waals surface area contributed by atoms with Gasteiger partial charge < -0.3 is 9.15 Å². The Morgan fingerprint density at radius 2 is 1.71 bits per heavy atom. The van der Waals surface area contributed by atoms with Gasteiger partial charge in [0.1, 0.15) is 5.75 Å². The molecule has 3 aromatic rings. The Morgan fingerprint density at radius 3 is 2.38 bits per heavy atom. The molecule has 4 nitrogen and oxygen atoms in total. The molecule has 0 aliphatic rings. The van der Waals surface area contributed by atoms with E-state index in [1.54, 1.807) is 0 Å². The van der Waals surface area contributed by atoms with E-state index >= 15 is 0 Å². The lowest BCUT2D eigenvalue weighted by Crippen LogP contribution is -2.05. The maximum absolute atomic E-state index is 5.73. The molecule has 0 atom stereocenters. The average molecular weight is 280 g/mol. The first-order chi connectivity index (χ1) is 10.2. The van der Waals surface area contributed by atoms with E-state index in [2.05, 4.69) is 16.3 Å². The Labute approximate surface area is 123 Å². The van der Waals surface area contributed by atoms with E-state index < -0.39 is 0 Å². The van der Waals surface area contributed by atoms with Crippen molar-refractivity contribution in [3.05, 3.63) is 54.9 Å². The van der Waals surface area contributed by atoms with Crippen LogP contribution in [0, 0.1) is 0 Å². The average Bonchev–Trinajstić information content (AvgIpc) is 3.01. The van der Waals surface area contributed by atoms with E-state index in [-0.39, 0.29) is 6.10 Å². The molecule has 0 spiro atoms. The van der Waals surface area contributed by atoms with Crippen LogP contribution in [-0.4, -0.2) is 16.3 Å². The number of aromatic nitrogens is 2. The molecule has 3 rings (SSSR count). The van der Waals surface area contributed by atoms with Crippen LogP contribution in [0.3, 0.4) is 0 Å². The molecule has 4 heteroatoms. The van der Waals surface area contributed by atoms with Crippen LogP contribution in [0.1, 0.15) is 13.8 Å². The van der Waals surface area contributed by atoms with E-state index in [1.807, 2.05) is 56.3 Å². The molecule has 0 radical (unpaired) electrons. The summed E-state index contributed by atoms with van der Waals surface area (Å²) in [4.78, 5) is 0. The molecular weight excluding hydrogens is 264 g/mol. The molecule has 1 heterocycles. The van der Waals surface area contributed by atoms with Gasteiger partial charge in [-0.15, -0.1) is 10.2 Å². The van der Waals surface area contributed by atoms with Gasteiger partial charge in [0.05, 0.1) is 6.10 Å². The lowest BCUT2D eigenvalue weighted by atomic mass is 10.0. The van der Waals surface area contributed by atoms with E-state index in [0.717, 1.165) is 22.4 Å². The summed E-state index contributed by atoms with van der Waals surface area (Å²) in [6, 6.07) is 16.1. The quantitative estimate of drug-likeness (QED) is 0.719. The molecule has 106 valence electrons. The molecule has 0 aliphatic carbocycles. The molecule has 2 aromatic carbocycles. The van der Waals surface area contributed by atoms with Gasteiger partial charge in [-0.05, 0) is 49.2 Å². The number of ether oxygens (including phenoxy) is 1. The van der Waals surface area contributed by atoms with Crippen molar-refractivity contribution < 1.29 is 9.15 Å². The lowest BCUT2D eigenvalue weighted by molar-refractivity contribution is 0.242. The van der Waals surface area contributed by atoms with E-state index in [0.29, 0.717) is 5.89 Å². The van der Waals surface area contributed by atoms with E-state index in [1.165, 1.54) is 6.39 Å². The van der Waals surface area contributed by atoms with Crippen LogP contribution in [-0.2, 0) is 0 Å². The van der Waals surface area contributed by atoms with Crippen LogP contribution in [0.4, 0.5) is 0 Å². The topological polar surface area (TPSA) is 48.2 Å². The summed E-state index contributed by atoms with van der Waals surface area (Å²) in [7, 11) is 0. The first-order valence-electron chi connectivity index (χ1n) is 6.86. The molecule has 1 aromatic heterocycles. The van der Waals surface area contributed by atoms with Crippen molar-refractivity contribution in [2.45, 2.75) is 20.0 Å². The number of benzene rings is 2. The highest BCUT2D eigenvalue weighted by Crippen LogP contribution is 2.26. The number of rotatable bonds is 4. The molecule has 0 aliphatic heterocycles. The van der Waals surface area contributed by atoms with Crippen LogP contribution in [0.2, 0.25) is 0 Å². The third-order valence-corrected chi connectivity index (χ3v) is 3.03. The number of nitrogens with zero attached hydrogens (tertiary/aromatic N) is 2. The molecule has 0 bridgehead atoms. The zero-order chi connectivity index (χ0) is 14.7. The molecular formula is C17H16N2O2. The Balaban J connectivity index is 1.87. The minimum absolute atomic E-state index is 0.167. The first-order valence-corrected chi connectivity index (χ1v) is 6.86. The van der Waals surface area contributed by atoms with Gasteiger partial charge in [-0.1, -0.05) is 24.3 Å². The molecule has 0 unspecified atom stereocenters. The fraction of sp³-hybridized carbons (Fsp3) is 0.176. The second kappa shape index (κ2) is 5.79. The minimum Gasteiger partial charge on any atom is -0.491 e. The Morgan fingerprint density at radius 1 is 0.952 bits per heavy atom. The van der Waals surface area contributed by atoms with Gasteiger partial charge in [-0.2, -0.15) is 0 Å². The monoisotopic (exact) mass is 280 g/mol. The van der Waals surface area contributed by atoms with Crippen LogP contribution in [0.5, 0.6) is 5.75 Å². The van der Waals surface area contributed by atoms with Gasteiger partial charge in [0.25, 0.3) is 0 Å². The summed E-state index contributed by atoms with van der Waals surface area (Å²) in [5.41, 5.74) is 3.14. The molecule has 0 N–H and O–H groups in total. The SMILES string of the molecule is CC(C)Oc1cccc(-c2ccc(-c3nnco3)cc2)c1. The first kappa shape index (κ1) is 13.4. The summed E-state index contributed by atoms with van der Waals surface area (Å²) in [6.07, 6.45) is 1.50. The highest BCUT2D eigenvalue weighted by atomic mass is 16.5. The maximum Gasteiger partial charge on any atom is 0.247 e. The summed E-state index contributed by atoms with van der Waals surface area (Å²) >= 11 is 0. The third kappa shape index (κ3) is 3.11. The van der Waals surface area contributed by atoms with Crippen LogP contribution < -0.4 is 4.74 Å². The Bertz CT molecular complexity index is 704. The predicted octanol–water partition coefficient (Wildman–Crippen LogP) is 4.19. The second-order valence-corrected chi connectivity index (χ2v) is 5.02. The summed E-state index contributed by atoms with van der Waals surface area (Å²) in [6.45, 7) is 4.04. The van der Waals surface area contributed by atoms with Crippen molar-refractivity contribution in [2.75, 3.05) is 0 Å². The smallest absolute Gasteiger partial charge is 0.247 e. The Kier molecular flexibility index (Phi) is 3.69. The van der Waals surface area contributed by atoms with Gasteiger partial charge in [0.15, 0.2) is 0 Å². The predicted molar refractivity (Wildman–Crippen MR) is 80.9 cm³/mol. The fourth-order valence-corrected chi connectivity index (χ4v) is 2.13. The zero-order valence-electron chi connectivity index (χ0n) is 12.0. The highest BCUT2D eigenvalue weighted by molar-refractivity contribution is 5.68. The molecule has 21 heavy (non-hydrogen) atoms. The van der Waals surface area contributed by atoms with Crippen LogP contribution in [0.25, 0.3) is 22.6 Å². The van der Waals surface area contributed by atoms with Crippen molar-refractivity contribution in [1.82, 2.24) is 10.2 Å². The van der Waals surface area contributed by atoms with Crippen molar-refractivity contribution in [2.24, 2.45) is 0 Å². The van der Waals surface area contributed by atoms with Gasteiger partial charge >= 0.3 is 0 Å². The second-order valence-electron chi connectivity index (χ2n) is 5.02. The van der Waals surface area contributed by atoms with Crippen LogP contribution in [0.15, 0.2) is 59.3 Å². The minimum atomic E-state index is 0.167. The molecule has 0 saturated heterocycles. The summed E-state index contributed by atoms with van der Waals surface area (Å²) < 4.78 is 10.9. The van der Waals surface area contributed by atoms with Gasteiger partial charge in [0.2, 0.25) is 12.3 Å². The zero-order valence-corrected chi connectivity index (χ0v) is 12.0. The van der Waals surface area contributed by atoms with E-state index in [4.69, 9.17) is 9.15 Å². The van der Waals surface area contributed by atoms with E-state index in [9.17, 15) is 0 Å². The van der Waals surface area contributed by atoms with Crippen LogP contribution >= 0.6 is 0 Å². The number of hydrogen-bond acceptors (Lipinski definition) is 4. The molecule has 0 saturated carbocycles. The third-order valence-electron chi connectivity index (χ3n) is 3.03. The van der Waals surface area contributed by atoms with Gasteiger partial charge in [-0.3, -0.25) is 0 Å². The standard InChI is InChI=1S/C17H16N2O2/c1-12(2)21-16-5-3-4-15(10-16)13-6-8-14(9-7-13)17-19-18-11-20-17/h3-12H,1-2H3. The normalized spacial score (nSPS) is 10.8. The van der Waals surface area contributed by atoms with Crippen molar-refractivity contribution in [1.29, 1.82) is 0 Å². The summed E-state index contributed by atoms with van der Waals surface area (Å²) in [5, 5.41) is 7.58. The van der Waals surface area contributed by atoms with Gasteiger partial charge in [-0.25, -0.2) is 0 Å². The molecule has 0 fully saturated rings.